The molecule has 2 fully saturated rings. The van der Waals surface area contributed by atoms with Crippen LogP contribution in [0.2, 0.25) is 0 Å². The number of alkyl halides is 3. The van der Waals surface area contributed by atoms with Crippen molar-refractivity contribution in [1.29, 1.82) is 0 Å². The van der Waals surface area contributed by atoms with Crippen LogP contribution in [0.15, 0.2) is 71.3 Å². The molecule has 0 radical (unpaired) electrons. The van der Waals surface area contributed by atoms with E-state index in [-0.39, 0.29) is 42.8 Å². The minimum absolute atomic E-state index is 0.0628. The lowest BCUT2D eigenvalue weighted by molar-refractivity contribution is -0.198. The minimum atomic E-state index is -4.83. The number of hydrogen-bond donors (Lipinski definition) is 1. The van der Waals surface area contributed by atoms with Crippen molar-refractivity contribution in [2.24, 2.45) is 5.41 Å². The first-order valence-corrected chi connectivity index (χ1v) is 17.2. The Kier molecular flexibility index (Phi) is 10.4. The fourth-order valence-electron chi connectivity index (χ4n) is 6.64. The number of piperidine rings is 1. The number of benzene rings is 2. The summed E-state index contributed by atoms with van der Waals surface area (Å²) in [4.78, 5) is 37.9. The molecular weight excluding hydrogens is 735 g/mol. The highest BCUT2D eigenvalue weighted by Gasteiger charge is 2.51. The molecular formula is C35H37BrF3N7O5. The molecule has 2 saturated heterocycles. The molecule has 270 valence electrons. The van der Waals surface area contributed by atoms with Gasteiger partial charge < -0.3 is 24.8 Å². The number of carbonyl (C=O) groups is 2. The number of aromatic nitrogens is 4. The maximum absolute atomic E-state index is 14.7. The number of aryl methyl sites for hydroxylation is 1. The molecule has 2 aliphatic rings. The molecule has 0 saturated carbocycles. The van der Waals surface area contributed by atoms with Crippen molar-refractivity contribution in [3.63, 3.8) is 0 Å². The predicted molar refractivity (Wildman–Crippen MR) is 184 cm³/mol. The molecule has 12 nitrogen and oxygen atoms in total. The number of nitrogens with zero attached hydrogens (tertiary/aromatic N) is 6. The molecule has 51 heavy (non-hydrogen) atoms. The molecule has 16 heteroatoms. The van der Waals surface area contributed by atoms with Gasteiger partial charge in [-0.05, 0) is 62.3 Å². The van der Waals surface area contributed by atoms with Crippen LogP contribution in [0.25, 0.3) is 5.69 Å². The Hall–Kier alpha value is -4.86. The number of nitrogens with two attached hydrogens (primary N) is 1. The Morgan fingerprint density at radius 2 is 1.80 bits per heavy atom. The summed E-state index contributed by atoms with van der Waals surface area (Å²) in [5, 5.41) is 4.30. The second kappa shape index (κ2) is 14.8. The van der Waals surface area contributed by atoms with Crippen LogP contribution < -0.4 is 15.4 Å². The summed E-state index contributed by atoms with van der Waals surface area (Å²) in [7, 11) is 0. The molecule has 0 aliphatic carbocycles. The minimum Gasteiger partial charge on any atom is -0.464 e. The SMILES string of the molecule is CCOC(=O)[C@@H]1CC2(CCN(c3cc(O[C@H](c4ccc(Br)cc4-n4ccc(C)n4)C(F)(F)F)nc(N)n3)CC2)CN1C(=O)OCc1ccccc1. The van der Waals surface area contributed by atoms with E-state index in [1.807, 2.05) is 35.2 Å². The standard InChI is InChI=1S/C35H37BrF3N7O5/c1-3-49-31(47)27-19-34(21-45(27)33(48)50-20-23-7-5-4-6-8-23)12-15-44(16-13-34)28-18-29(42-32(40)41-28)51-30(35(37,38)39)25-10-9-24(36)17-26(25)46-14-11-22(2)43-46/h4-11,14,17-18,27,30H,3,12-13,15-16,19-21H2,1-2H3,(H2,40,41,42)/t27-,30+/m0/s1. The second-order valence-electron chi connectivity index (χ2n) is 12.7. The van der Waals surface area contributed by atoms with Crippen molar-refractivity contribution in [3.05, 3.63) is 88.2 Å². The first-order chi connectivity index (χ1) is 24.3. The number of amides is 1. The van der Waals surface area contributed by atoms with Gasteiger partial charge in [0.2, 0.25) is 17.9 Å². The van der Waals surface area contributed by atoms with Gasteiger partial charge in [0.25, 0.3) is 0 Å². The van der Waals surface area contributed by atoms with Gasteiger partial charge in [-0.3, -0.25) is 4.90 Å². The first-order valence-electron chi connectivity index (χ1n) is 16.4. The van der Waals surface area contributed by atoms with Gasteiger partial charge in [0.05, 0.1) is 18.0 Å². The highest BCUT2D eigenvalue weighted by Crippen LogP contribution is 2.45. The Morgan fingerprint density at radius 3 is 2.47 bits per heavy atom. The van der Waals surface area contributed by atoms with Gasteiger partial charge >= 0.3 is 18.2 Å². The fraction of sp³-hybridized carbons (Fsp3) is 0.400. The van der Waals surface area contributed by atoms with Gasteiger partial charge in [0.1, 0.15) is 18.5 Å². The van der Waals surface area contributed by atoms with E-state index in [0.717, 1.165) is 5.56 Å². The Balaban J connectivity index is 1.19. The molecule has 0 bridgehead atoms. The largest absolute Gasteiger partial charge is 0.464 e. The third-order valence-electron chi connectivity index (χ3n) is 9.14. The van der Waals surface area contributed by atoms with E-state index >= 15 is 0 Å². The zero-order valence-electron chi connectivity index (χ0n) is 28.0. The molecule has 6 rings (SSSR count). The first kappa shape index (κ1) is 35.9. The number of likely N-dealkylation sites (tertiary alicyclic amines) is 1. The van der Waals surface area contributed by atoms with Crippen LogP contribution in [0.1, 0.15) is 49.1 Å². The highest BCUT2D eigenvalue weighted by molar-refractivity contribution is 9.10. The van der Waals surface area contributed by atoms with E-state index < -0.39 is 35.8 Å². The van der Waals surface area contributed by atoms with E-state index in [1.165, 1.54) is 33.8 Å². The summed E-state index contributed by atoms with van der Waals surface area (Å²) < 4.78 is 62.4. The van der Waals surface area contributed by atoms with Crippen LogP contribution in [0.5, 0.6) is 5.88 Å². The molecule has 2 aromatic heterocycles. The quantitative estimate of drug-likeness (QED) is 0.186. The molecule has 2 atom stereocenters. The van der Waals surface area contributed by atoms with Crippen LogP contribution in [0.3, 0.4) is 0 Å². The van der Waals surface area contributed by atoms with Gasteiger partial charge in [-0.1, -0.05) is 52.3 Å². The number of rotatable bonds is 9. The van der Waals surface area contributed by atoms with Gasteiger partial charge in [0.15, 0.2) is 0 Å². The van der Waals surface area contributed by atoms with Gasteiger partial charge in [-0.25, -0.2) is 14.3 Å². The monoisotopic (exact) mass is 771 g/mol. The van der Waals surface area contributed by atoms with Crippen LogP contribution in [0, 0.1) is 12.3 Å². The molecule has 2 aromatic carbocycles. The maximum atomic E-state index is 14.7. The topological polar surface area (TPSA) is 138 Å². The maximum Gasteiger partial charge on any atom is 0.429 e. The highest BCUT2D eigenvalue weighted by atomic mass is 79.9. The van der Waals surface area contributed by atoms with Crippen LogP contribution in [-0.2, 0) is 20.9 Å². The summed E-state index contributed by atoms with van der Waals surface area (Å²) >= 11 is 3.34. The summed E-state index contributed by atoms with van der Waals surface area (Å²) in [6.45, 7) is 4.82. The zero-order chi connectivity index (χ0) is 36.3. The summed E-state index contributed by atoms with van der Waals surface area (Å²) in [5.74, 6) is -0.792. The third kappa shape index (κ3) is 8.21. The number of anilines is 2. The zero-order valence-corrected chi connectivity index (χ0v) is 29.6. The third-order valence-corrected chi connectivity index (χ3v) is 9.63. The Labute approximate surface area is 300 Å². The predicted octanol–water partition coefficient (Wildman–Crippen LogP) is 6.56. The fourth-order valence-corrected chi connectivity index (χ4v) is 6.99. The average Bonchev–Trinajstić information content (AvgIpc) is 3.70. The number of hydrogen-bond acceptors (Lipinski definition) is 10. The van der Waals surface area contributed by atoms with Crippen LogP contribution in [-0.4, -0.2) is 75.2 Å². The molecule has 2 aliphatic heterocycles. The lowest BCUT2D eigenvalue weighted by Gasteiger charge is -2.39. The van der Waals surface area contributed by atoms with Gasteiger partial charge in [0, 0.05) is 41.9 Å². The van der Waals surface area contributed by atoms with E-state index in [0.29, 0.717) is 48.3 Å². The molecule has 2 N–H and O–H groups in total. The molecule has 4 aromatic rings. The number of nitrogen functional groups attached to an aromatic ring is 1. The number of ether oxygens (including phenoxy) is 3. The Bertz CT molecular complexity index is 1870. The van der Waals surface area contributed by atoms with E-state index in [2.05, 4.69) is 31.0 Å². The summed E-state index contributed by atoms with van der Waals surface area (Å²) in [5.41, 5.74) is 7.06. The van der Waals surface area contributed by atoms with Crippen molar-refractivity contribution < 1.29 is 37.0 Å². The number of esters is 1. The smallest absolute Gasteiger partial charge is 0.429 e. The number of halogens is 4. The van der Waals surface area contributed by atoms with Crippen LogP contribution >= 0.6 is 15.9 Å². The van der Waals surface area contributed by atoms with E-state index in [4.69, 9.17) is 19.9 Å². The summed E-state index contributed by atoms with van der Waals surface area (Å²) in [6, 6.07) is 15.8. The van der Waals surface area contributed by atoms with Gasteiger partial charge in [-0.15, -0.1) is 0 Å². The molecule has 1 spiro atoms. The van der Waals surface area contributed by atoms with E-state index in [9.17, 15) is 22.8 Å². The van der Waals surface area contributed by atoms with Crippen molar-refractivity contribution in [2.45, 2.75) is 58.0 Å². The second-order valence-corrected chi connectivity index (χ2v) is 13.6. The van der Waals surface area contributed by atoms with Crippen molar-refractivity contribution in [1.82, 2.24) is 24.6 Å². The average molecular weight is 773 g/mol. The molecule has 1 amide bonds. The lowest BCUT2D eigenvalue weighted by Crippen LogP contribution is -2.43. The van der Waals surface area contributed by atoms with Crippen molar-refractivity contribution >= 4 is 39.8 Å². The van der Waals surface area contributed by atoms with E-state index in [1.54, 1.807) is 26.1 Å². The van der Waals surface area contributed by atoms with Crippen molar-refractivity contribution in [3.8, 4) is 11.6 Å². The molecule has 0 unspecified atom stereocenters. The van der Waals surface area contributed by atoms with Crippen molar-refractivity contribution in [2.75, 3.05) is 36.9 Å². The summed E-state index contributed by atoms with van der Waals surface area (Å²) in [6.07, 6.45) is -4.75. The number of carbonyl (C=O) groups excluding carboxylic acids is 2. The molecule has 4 heterocycles. The van der Waals surface area contributed by atoms with Gasteiger partial charge in [-0.2, -0.15) is 28.2 Å². The lowest BCUT2D eigenvalue weighted by atomic mass is 9.76. The van der Waals surface area contributed by atoms with Crippen LogP contribution in [0.4, 0.5) is 29.7 Å². The normalized spacial score (nSPS) is 17.7. The Morgan fingerprint density at radius 1 is 1.06 bits per heavy atom.